The summed E-state index contributed by atoms with van der Waals surface area (Å²) < 4.78 is 0. The van der Waals surface area contributed by atoms with E-state index in [9.17, 15) is 0 Å². The summed E-state index contributed by atoms with van der Waals surface area (Å²) in [4.78, 5) is 4.10. The molecule has 0 unspecified atom stereocenters. The molecule has 2 aromatic rings. The Balaban J connectivity index is 1.58. The quantitative estimate of drug-likeness (QED) is 0.860. The average Bonchev–Trinajstić information content (AvgIpc) is 3.22. The molecular weight excluding hydrogens is 220 g/mol. The topological polar surface area (TPSA) is 24.9 Å². The maximum atomic E-state index is 4.10. The van der Waals surface area contributed by atoms with Crippen LogP contribution in [0.5, 0.6) is 0 Å². The summed E-state index contributed by atoms with van der Waals surface area (Å²) in [6.07, 6.45) is 7.63. The zero-order valence-electron chi connectivity index (χ0n) is 10.5. The zero-order valence-corrected chi connectivity index (χ0v) is 10.5. The standard InChI is InChI=1S/C16H18N2/c1-2-4-15(5-3-1)18-13-10-16(8-9-16)14-6-11-17-12-7-14/h1-7,11-12,18H,8-10,13H2. The van der Waals surface area contributed by atoms with Gasteiger partial charge in [0.1, 0.15) is 0 Å². The van der Waals surface area contributed by atoms with Gasteiger partial charge in [-0.3, -0.25) is 4.98 Å². The highest BCUT2D eigenvalue weighted by atomic mass is 14.9. The van der Waals surface area contributed by atoms with Crippen molar-refractivity contribution < 1.29 is 0 Å². The number of para-hydroxylation sites is 1. The van der Waals surface area contributed by atoms with Crippen LogP contribution in [0.15, 0.2) is 54.9 Å². The third-order valence-corrected chi connectivity index (χ3v) is 3.85. The fraction of sp³-hybridized carbons (Fsp3) is 0.312. The van der Waals surface area contributed by atoms with E-state index >= 15 is 0 Å². The molecule has 1 aliphatic rings. The molecule has 1 aliphatic carbocycles. The summed E-state index contributed by atoms with van der Waals surface area (Å²) in [7, 11) is 0. The highest BCUT2D eigenvalue weighted by Crippen LogP contribution is 2.50. The van der Waals surface area contributed by atoms with E-state index in [0.717, 1.165) is 6.54 Å². The number of rotatable bonds is 5. The first-order valence-corrected chi connectivity index (χ1v) is 6.59. The molecule has 1 aromatic carbocycles. The monoisotopic (exact) mass is 238 g/mol. The van der Waals surface area contributed by atoms with Crippen LogP contribution in [0.4, 0.5) is 5.69 Å². The molecule has 0 amide bonds. The van der Waals surface area contributed by atoms with Gasteiger partial charge in [0.25, 0.3) is 0 Å². The molecule has 1 fully saturated rings. The predicted octanol–water partition coefficient (Wildman–Crippen LogP) is 3.62. The van der Waals surface area contributed by atoms with Crippen molar-refractivity contribution in [3.05, 3.63) is 60.4 Å². The molecule has 1 aromatic heterocycles. The van der Waals surface area contributed by atoms with E-state index in [4.69, 9.17) is 0 Å². The third-order valence-electron chi connectivity index (χ3n) is 3.85. The van der Waals surface area contributed by atoms with Crippen LogP contribution in [-0.4, -0.2) is 11.5 Å². The number of benzene rings is 1. The Bertz CT molecular complexity index is 489. The molecule has 1 N–H and O–H groups in total. The molecule has 0 spiro atoms. The second kappa shape index (κ2) is 4.81. The van der Waals surface area contributed by atoms with Crippen LogP contribution < -0.4 is 5.32 Å². The summed E-state index contributed by atoms with van der Waals surface area (Å²) in [5.41, 5.74) is 3.08. The molecule has 1 saturated carbocycles. The molecule has 3 rings (SSSR count). The molecule has 2 nitrogen and oxygen atoms in total. The predicted molar refractivity (Wildman–Crippen MR) is 74.7 cm³/mol. The minimum atomic E-state index is 0.421. The summed E-state index contributed by atoms with van der Waals surface area (Å²) in [5.74, 6) is 0. The Morgan fingerprint density at radius 3 is 2.39 bits per heavy atom. The number of aromatic nitrogens is 1. The first-order valence-electron chi connectivity index (χ1n) is 6.59. The number of nitrogens with zero attached hydrogens (tertiary/aromatic N) is 1. The molecule has 0 atom stereocenters. The molecule has 0 aliphatic heterocycles. The van der Waals surface area contributed by atoms with Crippen molar-refractivity contribution in [3.8, 4) is 0 Å². The Labute approximate surface area is 108 Å². The Hall–Kier alpha value is -1.83. The molecule has 2 heteroatoms. The van der Waals surface area contributed by atoms with Crippen molar-refractivity contribution in [2.75, 3.05) is 11.9 Å². The summed E-state index contributed by atoms with van der Waals surface area (Å²) in [6.45, 7) is 1.03. The number of hydrogen-bond acceptors (Lipinski definition) is 2. The lowest BCUT2D eigenvalue weighted by atomic mass is 9.93. The number of hydrogen-bond donors (Lipinski definition) is 1. The van der Waals surface area contributed by atoms with Crippen LogP contribution in [-0.2, 0) is 5.41 Å². The van der Waals surface area contributed by atoms with E-state index in [1.165, 1.54) is 30.5 Å². The van der Waals surface area contributed by atoms with Gasteiger partial charge in [-0.05, 0) is 54.5 Å². The minimum Gasteiger partial charge on any atom is -0.385 e. The maximum Gasteiger partial charge on any atom is 0.0340 e. The van der Waals surface area contributed by atoms with Crippen LogP contribution >= 0.6 is 0 Å². The second-order valence-corrected chi connectivity index (χ2v) is 5.06. The van der Waals surface area contributed by atoms with Crippen LogP contribution in [0.3, 0.4) is 0 Å². The van der Waals surface area contributed by atoms with E-state index in [-0.39, 0.29) is 0 Å². The third kappa shape index (κ3) is 2.37. The van der Waals surface area contributed by atoms with Gasteiger partial charge < -0.3 is 5.32 Å². The van der Waals surface area contributed by atoms with Gasteiger partial charge in [0, 0.05) is 24.6 Å². The lowest BCUT2D eigenvalue weighted by Crippen LogP contribution is -2.13. The zero-order chi connectivity index (χ0) is 12.3. The van der Waals surface area contributed by atoms with Gasteiger partial charge >= 0.3 is 0 Å². The first-order chi connectivity index (χ1) is 8.89. The smallest absolute Gasteiger partial charge is 0.0340 e. The molecule has 0 saturated heterocycles. The molecular formula is C16H18N2. The van der Waals surface area contributed by atoms with E-state index in [1.54, 1.807) is 0 Å². The molecule has 18 heavy (non-hydrogen) atoms. The lowest BCUT2D eigenvalue weighted by Gasteiger charge is -2.16. The Morgan fingerprint density at radius 1 is 1.00 bits per heavy atom. The minimum absolute atomic E-state index is 0.421. The highest BCUT2D eigenvalue weighted by Gasteiger charge is 2.43. The van der Waals surface area contributed by atoms with Crippen LogP contribution in [0.2, 0.25) is 0 Å². The fourth-order valence-electron chi connectivity index (χ4n) is 2.54. The van der Waals surface area contributed by atoms with Crippen molar-refractivity contribution in [2.45, 2.75) is 24.7 Å². The van der Waals surface area contributed by atoms with E-state index in [0.29, 0.717) is 5.41 Å². The molecule has 92 valence electrons. The van der Waals surface area contributed by atoms with Crippen LogP contribution in [0.1, 0.15) is 24.8 Å². The van der Waals surface area contributed by atoms with Crippen molar-refractivity contribution >= 4 is 5.69 Å². The summed E-state index contributed by atoms with van der Waals surface area (Å²) in [5, 5.41) is 3.49. The summed E-state index contributed by atoms with van der Waals surface area (Å²) >= 11 is 0. The van der Waals surface area contributed by atoms with Crippen molar-refractivity contribution in [3.63, 3.8) is 0 Å². The van der Waals surface area contributed by atoms with Gasteiger partial charge in [-0.2, -0.15) is 0 Å². The van der Waals surface area contributed by atoms with E-state index in [2.05, 4.69) is 46.7 Å². The van der Waals surface area contributed by atoms with E-state index in [1.807, 2.05) is 18.5 Å². The van der Waals surface area contributed by atoms with E-state index < -0.39 is 0 Å². The Morgan fingerprint density at radius 2 is 1.72 bits per heavy atom. The number of nitrogens with one attached hydrogen (secondary N) is 1. The van der Waals surface area contributed by atoms with Gasteiger partial charge in [-0.25, -0.2) is 0 Å². The van der Waals surface area contributed by atoms with Crippen molar-refractivity contribution in [1.82, 2.24) is 4.98 Å². The van der Waals surface area contributed by atoms with Crippen molar-refractivity contribution in [2.24, 2.45) is 0 Å². The fourth-order valence-corrected chi connectivity index (χ4v) is 2.54. The normalized spacial score (nSPS) is 16.2. The molecule has 0 bridgehead atoms. The lowest BCUT2D eigenvalue weighted by molar-refractivity contribution is 0.641. The Kier molecular flexibility index (Phi) is 3.01. The number of anilines is 1. The first kappa shape index (κ1) is 11.3. The van der Waals surface area contributed by atoms with Gasteiger partial charge in [-0.1, -0.05) is 18.2 Å². The van der Waals surface area contributed by atoms with Crippen molar-refractivity contribution in [1.29, 1.82) is 0 Å². The second-order valence-electron chi connectivity index (χ2n) is 5.06. The molecule has 0 radical (unpaired) electrons. The summed E-state index contributed by atoms with van der Waals surface area (Å²) in [6, 6.07) is 14.7. The average molecular weight is 238 g/mol. The highest BCUT2D eigenvalue weighted by molar-refractivity contribution is 5.42. The molecule has 1 heterocycles. The van der Waals surface area contributed by atoms with Crippen LogP contribution in [0, 0.1) is 0 Å². The largest absolute Gasteiger partial charge is 0.385 e. The van der Waals surface area contributed by atoms with Crippen LogP contribution in [0.25, 0.3) is 0 Å². The maximum absolute atomic E-state index is 4.10. The van der Waals surface area contributed by atoms with Gasteiger partial charge in [0.15, 0.2) is 0 Å². The van der Waals surface area contributed by atoms with Gasteiger partial charge in [-0.15, -0.1) is 0 Å². The van der Waals surface area contributed by atoms with Gasteiger partial charge in [0.05, 0.1) is 0 Å². The SMILES string of the molecule is c1ccc(NCCC2(c3ccncc3)CC2)cc1. The van der Waals surface area contributed by atoms with Gasteiger partial charge in [0.2, 0.25) is 0 Å². The number of pyridine rings is 1.